The van der Waals surface area contributed by atoms with Gasteiger partial charge in [-0.25, -0.2) is 0 Å². The van der Waals surface area contributed by atoms with Gasteiger partial charge in [0.25, 0.3) is 0 Å². The monoisotopic (exact) mass is 393 g/mol. The van der Waals surface area contributed by atoms with Crippen LogP contribution in [0.25, 0.3) is 0 Å². The molecule has 0 saturated carbocycles. The van der Waals surface area contributed by atoms with E-state index in [9.17, 15) is 13.2 Å². The van der Waals surface area contributed by atoms with Crippen LogP contribution in [-0.2, 0) is 12.7 Å². The molecule has 1 aliphatic heterocycles. The van der Waals surface area contributed by atoms with Crippen LogP contribution >= 0.6 is 0 Å². The normalized spacial score (nSPS) is 19.6. The molecule has 1 aliphatic rings. The molecule has 2 aromatic heterocycles. The van der Waals surface area contributed by atoms with Crippen LogP contribution in [0.5, 0.6) is 0 Å². The Kier molecular flexibility index (Phi) is 6.17. The average molecular weight is 393 g/mol. The van der Waals surface area contributed by atoms with E-state index in [2.05, 4.69) is 44.9 Å². The smallest absolute Gasteiger partial charge is 0.349 e. The van der Waals surface area contributed by atoms with Gasteiger partial charge in [-0.2, -0.15) is 13.2 Å². The summed E-state index contributed by atoms with van der Waals surface area (Å²) in [6.45, 7) is 9.42. The van der Waals surface area contributed by atoms with E-state index < -0.39 is 11.9 Å². The minimum absolute atomic E-state index is 0.170. The Morgan fingerprint density at radius 1 is 1.14 bits per heavy atom. The zero-order valence-corrected chi connectivity index (χ0v) is 16.4. The second kappa shape index (κ2) is 8.43. The molecule has 0 amide bonds. The third-order valence-corrected chi connectivity index (χ3v) is 5.42. The number of alkyl halides is 3. The molecule has 0 N–H and O–H groups in total. The van der Waals surface area contributed by atoms with Crippen molar-refractivity contribution < 1.29 is 13.2 Å². The summed E-state index contributed by atoms with van der Waals surface area (Å²) in [5.41, 5.74) is 1.20. The Morgan fingerprint density at radius 2 is 1.93 bits per heavy atom. The number of rotatable bonds is 5. The molecule has 3 rings (SSSR count). The van der Waals surface area contributed by atoms with E-state index in [1.165, 1.54) is 6.07 Å². The Hall–Kier alpha value is -2.22. The van der Waals surface area contributed by atoms with Crippen LogP contribution in [0.1, 0.15) is 37.2 Å². The maximum Gasteiger partial charge on any atom is 0.435 e. The van der Waals surface area contributed by atoms with E-state index in [1.54, 1.807) is 0 Å². The lowest BCUT2D eigenvalue weighted by Crippen LogP contribution is -2.55. The van der Waals surface area contributed by atoms with Crippen LogP contribution in [-0.4, -0.2) is 45.8 Å². The molecule has 1 fully saturated rings. The van der Waals surface area contributed by atoms with Crippen LogP contribution in [0.2, 0.25) is 0 Å². The van der Waals surface area contributed by atoms with Crippen molar-refractivity contribution in [3.63, 3.8) is 0 Å². The second-order valence-electron chi connectivity index (χ2n) is 7.46. The molecule has 0 radical (unpaired) electrons. The zero-order chi connectivity index (χ0) is 20.3. The lowest BCUT2D eigenvalue weighted by molar-refractivity contribution is -0.141. The molecule has 0 aliphatic carbocycles. The standard InChI is InChI=1S/C20H26F3N5/c1-4-14(2)17-13-27(12-16-6-5-15(3)24-11-16)9-10-28(17)19-8-7-18(25-26-19)20(21,22)23/h5-8,11,14,17H,4,9-10,12-13H2,1-3H3. The van der Waals surface area contributed by atoms with Crippen molar-refractivity contribution in [1.29, 1.82) is 0 Å². The third-order valence-electron chi connectivity index (χ3n) is 5.42. The van der Waals surface area contributed by atoms with Gasteiger partial charge in [0.15, 0.2) is 11.5 Å². The SMILES string of the molecule is CCC(C)C1CN(Cc2ccc(C)nc2)CCN1c1ccc(C(F)(F)F)nn1. The van der Waals surface area contributed by atoms with Crippen LogP contribution in [0.4, 0.5) is 19.0 Å². The summed E-state index contributed by atoms with van der Waals surface area (Å²) in [5, 5.41) is 7.28. The summed E-state index contributed by atoms with van der Waals surface area (Å²) in [6.07, 6.45) is -1.58. The minimum atomic E-state index is -4.47. The average Bonchev–Trinajstić information content (AvgIpc) is 2.68. The molecule has 0 spiro atoms. The third kappa shape index (κ3) is 4.79. The fourth-order valence-electron chi connectivity index (χ4n) is 3.54. The largest absolute Gasteiger partial charge is 0.435 e. The number of nitrogens with zero attached hydrogens (tertiary/aromatic N) is 5. The van der Waals surface area contributed by atoms with Gasteiger partial charge in [-0.05, 0) is 36.6 Å². The highest BCUT2D eigenvalue weighted by Gasteiger charge is 2.35. The van der Waals surface area contributed by atoms with Crippen molar-refractivity contribution in [2.75, 3.05) is 24.5 Å². The van der Waals surface area contributed by atoms with E-state index in [-0.39, 0.29) is 6.04 Å². The molecule has 2 atom stereocenters. The summed E-state index contributed by atoms with van der Waals surface area (Å²) < 4.78 is 38.3. The van der Waals surface area contributed by atoms with Crippen LogP contribution < -0.4 is 4.90 Å². The van der Waals surface area contributed by atoms with E-state index in [4.69, 9.17) is 0 Å². The van der Waals surface area contributed by atoms with Crippen molar-refractivity contribution >= 4 is 5.82 Å². The molecule has 1 saturated heterocycles. The highest BCUT2D eigenvalue weighted by atomic mass is 19.4. The quantitative estimate of drug-likeness (QED) is 0.770. The molecule has 2 unspecified atom stereocenters. The number of anilines is 1. The van der Waals surface area contributed by atoms with E-state index in [0.29, 0.717) is 18.3 Å². The molecular formula is C20H26F3N5. The van der Waals surface area contributed by atoms with Crippen LogP contribution in [0.15, 0.2) is 30.5 Å². The number of pyridine rings is 1. The highest BCUT2D eigenvalue weighted by Crippen LogP contribution is 2.29. The maximum atomic E-state index is 12.8. The Bertz CT molecular complexity index is 761. The predicted molar refractivity (Wildman–Crippen MR) is 102 cm³/mol. The molecule has 28 heavy (non-hydrogen) atoms. The van der Waals surface area contributed by atoms with Crippen molar-refractivity contribution in [2.45, 2.75) is 46.0 Å². The van der Waals surface area contributed by atoms with Gasteiger partial charge >= 0.3 is 6.18 Å². The molecule has 152 valence electrons. The summed E-state index contributed by atoms with van der Waals surface area (Å²) in [7, 11) is 0. The molecule has 2 aromatic rings. The van der Waals surface area contributed by atoms with E-state index >= 15 is 0 Å². The van der Waals surface area contributed by atoms with Crippen molar-refractivity contribution in [1.82, 2.24) is 20.1 Å². The number of piperazine rings is 1. The van der Waals surface area contributed by atoms with Crippen molar-refractivity contribution in [3.05, 3.63) is 47.4 Å². The first-order chi connectivity index (χ1) is 13.3. The number of halogens is 3. The fraction of sp³-hybridized carbons (Fsp3) is 0.550. The summed E-state index contributed by atoms with van der Waals surface area (Å²) >= 11 is 0. The van der Waals surface area contributed by atoms with Crippen LogP contribution in [0.3, 0.4) is 0 Å². The minimum Gasteiger partial charge on any atom is -0.349 e. The van der Waals surface area contributed by atoms with E-state index in [0.717, 1.165) is 43.4 Å². The number of hydrogen-bond acceptors (Lipinski definition) is 5. The molecule has 8 heteroatoms. The summed E-state index contributed by atoms with van der Waals surface area (Å²) in [5.74, 6) is 0.887. The van der Waals surface area contributed by atoms with Crippen molar-refractivity contribution in [3.8, 4) is 0 Å². The second-order valence-corrected chi connectivity index (χ2v) is 7.46. The zero-order valence-electron chi connectivity index (χ0n) is 16.4. The van der Waals surface area contributed by atoms with Crippen molar-refractivity contribution in [2.24, 2.45) is 5.92 Å². The summed E-state index contributed by atoms with van der Waals surface area (Å²) in [4.78, 5) is 8.83. The molecule has 5 nitrogen and oxygen atoms in total. The fourth-order valence-corrected chi connectivity index (χ4v) is 3.54. The molecular weight excluding hydrogens is 367 g/mol. The van der Waals surface area contributed by atoms with Gasteiger partial charge in [-0.1, -0.05) is 26.3 Å². The number of hydrogen-bond donors (Lipinski definition) is 0. The maximum absolute atomic E-state index is 12.8. The Morgan fingerprint density at radius 3 is 2.50 bits per heavy atom. The molecule has 0 aromatic carbocycles. The topological polar surface area (TPSA) is 45.2 Å². The molecule has 0 bridgehead atoms. The first-order valence-corrected chi connectivity index (χ1v) is 9.59. The Balaban J connectivity index is 1.74. The van der Waals surface area contributed by atoms with Gasteiger partial charge < -0.3 is 4.90 Å². The van der Waals surface area contributed by atoms with Gasteiger partial charge in [0.1, 0.15) is 0 Å². The van der Waals surface area contributed by atoms with Gasteiger partial charge in [-0.3, -0.25) is 9.88 Å². The number of aromatic nitrogens is 3. The summed E-state index contributed by atoms with van der Waals surface area (Å²) in [6, 6.07) is 6.72. The predicted octanol–water partition coefficient (Wildman–Crippen LogP) is 3.94. The van der Waals surface area contributed by atoms with Crippen LogP contribution in [0, 0.1) is 12.8 Å². The van der Waals surface area contributed by atoms with Gasteiger partial charge in [-0.15, -0.1) is 10.2 Å². The first kappa shape index (κ1) is 20.5. The first-order valence-electron chi connectivity index (χ1n) is 9.59. The lowest BCUT2D eigenvalue weighted by Gasteiger charge is -2.44. The van der Waals surface area contributed by atoms with Gasteiger partial charge in [0.05, 0.1) is 0 Å². The van der Waals surface area contributed by atoms with Gasteiger partial charge in [0.2, 0.25) is 0 Å². The lowest BCUT2D eigenvalue weighted by atomic mass is 9.95. The number of aryl methyl sites for hydroxylation is 1. The molecule has 3 heterocycles. The Labute approximate surface area is 163 Å². The highest BCUT2D eigenvalue weighted by molar-refractivity contribution is 5.40. The van der Waals surface area contributed by atoms with Gasteiger partial charge in [0, 0.05) is 44.1 Å². The van der Waals surface area contributed by atoms with E-state index in [1.807, 2.05) is 19.2 Å².